The Hall–Kier alpha value is -2.73. The SMILES string of the molecule is CCCN(CC(=O)Nc1cc([N+](=O)[O-])ccc1C)Cc1ccccc1. The van der Waals surface area contributed by atoms with E-state index in [9.17, 15) is 14.9 Å². The molecule has 1 amide bonds. The summed E-state index contributed by atoms with van der Waals surface area (Å²) in [5.74, 6) is -0.173. The van der Waals surface area contributed by atoms with Crippen molar-refractivity contribution < 1.29 is 9.72 Å². The van der Waals surface area contributed by atoms with Crippen molar-refractivity contribution >= 4 is 17.3 Å². The predicted octanol–water partition coefficient (Wildman–Crippen LogP) is 3.75. The lowest BCUT2D eigenvalue weighted by Crippen LogP contribution is -2.33. The Balaban J connectivity index is 2.03. The summed E-state index contributed by atoms with van der Waals surface area (Å²) in [6, 6.07) is 14.5. The van der Waals surface area contributed by atoms with E-state index in [1.165, 1.54) is 12.1 Å². The van der Waals surface area contributed by atoms with Crippen LogP contribution in [-0.4, -0.2) is 28.8 Å². The number of rotatable bonds is 8. The molecular formula is C19H23N3O3. The van der Waals surface area contributed by atoms with Crippen molar-refractivity contribution in [2.45, 2.75) is 26.8 Å². The third-order valence-electron chi connectivity index (χ3n) is 3.86. The van der Waals surface area contributed by atoms with Crippen LogP contribution in [0.15, 0.2) is 48.5 Å². The fourth-order valence-corrected chi connectivity index (χ4v) is 2.62. The Morgan fingerprint density at radius 1 is 1.20 bits per heavy atom. The smallest absolute Gasteiger partial charge is 0.271 e. The molecule has 2 aromatic rings. The van der Waals surface area contributed by atoms with Crippen LogP contribution < -0.4 is 5.32 Å². The molecule has 0 aromatic heterocycles. The van der Waals surface area contributed by atoms with Crippen LogP contribution in [0.5, 0.6) is 0 Å². The van der Waals surface area contributed by atoms with Crippen LogP contribution in [0.1, 0.15) is 24.5 Å². The van der Waals surface area contributed by atoms with Crippen molar-refractivity contribution in [3.8, 4) is 0 Å². The molecule has 6 nitrogen and oxygen atoms in total. The highest BCUT2D eigenvalue weighted by Crippen LogP contribution is 2.21. The summed E-state index contributed by atoms with van der Waals surface area (Å²) < 4.78 is 0. The molecule has 0 bridgehead atoms. The largest absolute Gasteiger partial charge is 0.324 e. The van der Waals surface area contributed by atoms with Gasteiger partial charge in [0.15, 0.2) is 0 Å². The summed E-state index contributed by atoms with van der Waals surface area (Å²) in [6.07, 6.45) is 0.940. The summed E-state index contributed by atoms with van der Waals surface area (Å²) in [6.45, 7) is 5.62. The van der Waals surface area contributed by atoms with Crippen molar-refractivity contribution in [3.63, 3.8) is 0 Å². The Kier molecular flexibility index (Phi) is 6.65. The molecule has 25 heavy (non-hydrogen) atoms. The van der Waals surface area contributed by atoms with E-state index in [2.05, 4.69) is 17.1 Å². The molecule has 0 aliphatic heterocycles. The minimum atomic E-state index is -0.464. The van der Waals surface area contributed by atoms with E-state index in [-0.39, 0.29) is 18.1 Å². The molecule has 2 rings (SSSR count). The van der Waals surface area contributed by atoms with Crippen LogP contribution in [0.2, 0.25) is 0 Å². The molecule has 0 heterocycles. The van der Waals surface area contributed by atoms with Gasteiger partial charge in [-0.1, -0.05) is 43.3 Å². The van der Waals surface area contributed by atoms with E-state index in [0.717, 1.165) is 24.1 Å². The van der Waals surface area contributed by atoms with Crippen molar-refractivity contribution in [1.29, 1.82) is 0 Å². The van der Waals surface area contributed by atoms with Gasteiger partial charge in [0.2, 0.25) is 5.91 Å². The molecule has 0 saturated heterocycles. The Morgan fingerprint density at radius 2 is 1.92 bits per heavy atom. The fourth-order valence-electron chi connectivity index (χ4n) is 2.62. The first-order chi connectivity index (χ1) is 12.0. The van der Waals surface area contributed by atoms with Gasteiger partial charge in [0.05, 0.1) is 17.2 Å². The van der Waals surface area contributed by atoms with E-state index in [0.29, 0.717) is 12.2 Å². The summed E-state index contributed by atoms with van der Waals surface area (Å²) >= 11 is 0. The third-order valence-corrected chi connectivity index (χ3v) is 3.86. The molecular weight excluding hydrogens is 318 g/mol. The molecule has 6 heteroatoms. The van der Waals surface area contributed by atoms with Crippen LogP contribution in [-0.2, 0) is 11.3 Å². The van der Waals surface area contributed by atoms with Crippen molar-refractivity contribution in [2.24, 2.45) is 0 Å². The third kappa shape index (κ3) is 5.69. The van der Waals surface area contributed by atoms with E-state index in [4.69, 9.17) is 0 Å². The van der Waals surface area contributed by atoms with Crippen molar-refractivity contribution in [2.75, 3.05) is 18.4 Å². The molecule has 0 fully saturated rings. The highest BCUT2D eigenvalue weighted by molar-refractivity contribution is 5.93. The Labute approximate surface area is 147 Å². The number of anilines is 1. The highest BCUT2D eigenvalue weighted by Gasteiger charge is 2.14. The number of hydrogen-bond donors (Lipinski definition) is 1. The van der Waals surface area contributed by atoms with Gasteiger partial charge in [0, 0.05) is 18.7 Å². The summed E-state index contributed by atoms with van der Waals surface area (Å²) in [7, 11) is 0. The van der Waals surface area contributed by atoms with E-state index < -0.39 is 4.92 Å². The molecule has 1 N–H and O–H groups in total. The van der Waals surface area contributed by atoms with E-state index in [1.54, 1.807) is 6.07 Å². The van der Waals surface area contributed by atoms with Crippen LogP contribution in [0.4, 0.5) is 11.4 Å². The van der Waals surface area contributed by atoms with Crippen LogP contribution in [0.25, 0.3) is 0 Å². The fraction of sp³-hybridized carbons (Fsp3) is 0.316. The normalized spacial score (nSPS) is 10.7. The second kappa shape index (κ2) is 8.94. The maximum atomic E-state index is 12.4. The van der Waals surface area contributed by atoms with Crippen molar-refractivity contribution in [3.05, 3.63) is 69.8 Å². The summed E-state index contributed by atoms with van der Waals surface area (Å²) in [5.41, 5.74) is 2.39. The lowest BCUT2D eigenvalue weighted by atomic mass is 10.1. The molecule has 0 saturated carbocycles. The lowest BCUT2D eigenvalue weighted by molar-refractivity contribution is -0.384. The average Bonchev–Trinajstić information content (AvgIpc) is 2.57. The number of benzene rings is 2. The zero-order valence-electron chi connectivity index (χ0n) is 14.6. The zero-order chi connectivity index (χ0) is 18.2. The average molecular weight is 341 g/mol. The first-order valence-corrected chi connectivity index (χ1v) is 8.30. The molecule has 0 aliphatic carbocycles. The number of nitro benzene ring substituents is 1. The van der Waals surface area contributed by atoms with Crippen LogP contribution in [0.3, 0.4) is 0 Å². The monoisotopic (exact) mass is 341 g/mol. The molecule has 0 aliphatic rings. The second-order valence-corrected chi connectivity index (χ2v) is 6.00. The van der Waals surface area contributed by atoms with Gasteiger partial charge >= 0.3 is 0 Å². The predicted molar refractivity (Wildman–Crippen MR) is 98.5 cm³/mol. The van der Waals surface area contributed by atoms with Gasteiger partial charge in [0.25, 0.3) is 5.69 Å². The zero-order valence-corrected chi connectivity index (χ0v) is 14.6. The maximum absolute atomic E-state index is 12.4. The first-order valence-electron chi connectivity index (χ1n) is 8.30. The number of carbonyl (C=O) groups excluding carboxylic acids is 1. The maximum Gasteiger partial charge on any atom is 0.271 e. The number of nitrogens with zero attached hydrogens (tertiary/aromatic N) is 2. The number of non-ortho nitro benzene ring substituents is 1. The molecule has 0 spiro atoms. The highest BCUT2D eigenvalue weighted by atomic mass is 16.6. The van der Waals surface area contributed by atoms with Gasteiger partial charge in [-0.25, -0.2) is 0 Å². The van der Waals surface area contributed by atoms with Crippen LogP contribution in [0, 0.1) is 17.0 Å². The number of aryl methyl sites for hydroxylation is 1. The van der Waals surface area contributed by atoms with Gasteiger partial charge in [-0.3, -0.25) is 19.8 Å². The van der Waals surface area contributed by atoms with Gasteiger partial charge in [0.1, 0.15) is 0 Å². The lowest BCUT2D eigenvalue weighted by Gasteiger charge is -2.21. The quantitative estimate of drug-likeness (QED) is 0.586. The van der Waals surface area contributed by atoms with Gasteiger partial charge < -0.3 is 5.32 Å². The molecule has 0 radical (unpaired) electrons. The van der Waals surface area contributed by atoms with Crippen molar-refractivity contribution in [1.82, 2.24) is 4.90 Å². The number of hydrogen-bond acceptors (Lipinski definition) is 4. The number of amides is 1. The van der Waals surface area contributed by atoms with E-state index >= 15 is 0 Å². The summed E-state index contributed by atoms with van der Waals surface area (Å²) in [5, 5.41) is 13.7. The van der Waals surface area contributed by atoms with Gasteiger partial charge in [-0.15, -0.1) is 0 Å². The van der Waals surface area contributed by atoms with Gasteiger partial charge in [-0.2, -0.15) is 0 Å². The number of nitro groups is 1. The number of carbonyl (C=O) groups is 1. The summed E-state index contributed by atoms with van der Waals surface area (Å²) in [4.78, 5) is 24.9. The Morgan fingerprint density at radius 3 is 2.56 bits per heavy atom. The minimum Gasteiger partial charge on any atom is -0.324 e. The standard InChI is InChI=1S/C19H23N3O3/c1-3-11-21(13-16-7-5-4-6-8-16)14-19(23)20-18-12-17(22(24)25)10-9-15(18)2/h4-10,12H,3,11,13-14H2,1-2H3,(H,20,23). The van der Waals surface area contributed by atoms with Gasteiger partial charge in [-0.05, 0) is 31.0 Å². The number of nitrogens with one attached hydrogen (secondary N) is 1. The van der Waals surface area contributed by atoms with Crippen LogP contribution >= 0.6 is 0 Å². The molecule has 0 atom stereocenters. The minimum absolute atomic E-state index is 0.0319. The molecule has 132 valence electrons. The second-order valence-electron chi connectivity index (χ2n) is 6.00. The molecule has 0 unspecified atom stereocenters. The topological polar surface area (TPSA) is 75.5 Å². The van der Waals surface area contributed by atoms with E-state index in [1.807, 2.05) is 37.3 Å². The first kappa shape index (κ1) is 18.6. The molecule has 2 aromatic carbocycles. The Bertz CT molecular complexity index is 732.